The van der Waals surface area contributed by atoms with Gasteiger partial charge in [0.15, 0.2) is 11.7 Å². The summed E-state index contributed by atoms with van der Waals surface area (Å²) in [6, 6.07) is 0. The van der Waals surface area contributed by atoms with Gasteiger partial charge in [0.25, 0.3) is 0 Å². The van der Waals surface area contributed by atoms with E-state index in [0.717, 1.165) is 25.7 Å². The standard InChI is InChI=1S/C14H20F2/c1-9(2)13(15)14(16)11(4)12-7-5-10(3)6-8-12/h10,12H,1,4-8H2,2-3H3/b14-13-. The molecule has 0 aromatic carbocycles. The third kappa shape index (κ3) is 3.03. The Morgan fingerprint density at radius 1 is 1.00 bits per heavy atom. The number of hydrogen-bond acceptors (Lipinski definition) is 0. The van der Waals surface area contributed by atoms with E-state index in [-0.39, 0.29) is 11.5 Å². The molecule has 0 unspecified atom stereocenters. The smallest absolute Gasteiger partial charge is 0.161 e. The molecule has 0 radical (unpaired) electrons. The van der Waals surface area contributed by atoms with Gasteiger partial charge >= 0.3 is 0 Å². The molecule has 0 bridgehead atoms. The second-order valence-electron chi connectivity index (χ2n) is 4.89. The van der Waals surface area contributed by atoms with Gasteiger partial charge in [-0.2, -0.15) is 0 Å². The second kappa shape index (κ2) is 5.42. The summed E-state index contributed by atoms with van der Waals surface area (Å²) < 4.78 is 27.0. The Bertz CT molecular complexity index is 318. The minimum Gasteiger partial charge on any atom is -0.203 e. The van der Waals surface area contributed by atoms with E-state index in [1.54, 1.807) is 0 Å². The number of allylic oxidation sites excluding steroid dienone is 4. The molecule has 0 aliphatic heterocycles. The van der Waals surface area contributed by atoms with Crippen LogP contribution in [0.4, 0.5) is 8.78 Å². The van der Waals surface area contributed by atoms with Gasteiger partial charge in [-0.15, -0.1) is 0 Å². The van der Waals surface area contributed by atoms with E-state index in [1.807, 2.05) is 0 Å². The molecule has 0 nitrogen and oxygen atoms in total. The predicted octanol–water partition coefficient (Wildman–Crippen LogP) is 5.10. The predicted molar refractivity (Wildman–Crippen MR) is 64.3 cm³/mol. The van der Waals surface area contributed by atoms with Crippen molar-refractivity contribution >= 4 is 0 Å². The van der Waals surface area contributed by atoms with Crippen LogP contribution in [0.25, 0.3) is 0 Å². The average Bonchev–Trinajstić information content (AvgIpc) is 2.27. The lowest BCUT2D eigenvalue weighted by Gasteiger charge is -2.27. The third-order valence-electron chi connectivity index (χ3n) is 3.36. The summed E-state index contributed by atoms with van der Waals surface area (Å²) in [7, 11) is 0. The number of hydrogen-bond donors (Lipinski definition) is 0. The maximum atomic E-state index is 13.7. The van der Waals surface area contributed by atoms with Crippen LogP contribution in [0.3, 0.4) is 0 Å². The van der Waals surface area contributed by atoms with Gasteiger partial charge in [-0.1, -0.05) is 32.9 Å². The minimum atomic E-state index is -0.844. The zero-order valence-electron chi connectivity index (χ0n) is 10.2. The fraction of sp³-hybridized carbons (Fsp3) is 0.571. The molecule has 0 spiro atoms. The highest BCUT2D eigenvalue weighted by molar-refractivity contribution is 5.35. The molecule has 1 saturated carbocycles. The van der Waals surface area contributed by atoms with Gasteiger partial charge in [0.2, 0.25) is 0 Å². The molecule has 16 heavy (non-hydrogen) atoms. The number of rotatable bonds is 3. The first-order valence-electron chi connectivity index (χ1n) is 5.83. The molecule has 1 aliphatic carbocycles. The Balaban J connectivity index is 2.71. The zero-order valence-corrected chi connectivity index (χ0v) is 10.2. The largest absolute Gasteiger partial charge is 0.203 e. The summed E-state index contributed by atoms with van der Waals surface area (Å²) in [5, 5.41) is 0. The highest BCUT2D eigenvalue weighted by Gasteiger charge is 2.24. The first kappa shape index (κ1) is 13.1. The van der Waals surface area contributed by atoms with E-state index in [1.165, 1.54) is 6.92 Å². The van der Waals surface area contributed by atoms with Gasteiger partial charge in [-0.05, 0) is 42.7 Å². The van der Waals surface area contributed by atoms with Gasteiger partial charge in [0.1, 0.15) is 0 Å². The lowest BCUT2D eigenvalue weighted by molar-refractivity contribution is 0.316. The van der Waals surface area contributed by atoms with Crippen molar-refractivity contribution in [2.75, 3.05) is 0 Å². The first-order chi connectivity index (χ1) is 7.43. The van der Waals surface area contributed by atoms with Crippen LogP contribution in [0.2, 0.25) is 0 Å². The molecule has 0 amide bonds. The summed E-state index contributed by atoms with van der Waals surface area (Å²) in [6.45, 7) is 10.8. The van der Waals surface area contributed by atoms with Gasteiger partial charge in [0.05, 0.1) is 0 Å². The van der Waals surface area contributed by atoms with E-state index in [9.17, 15) is 8.78 Å². The summed E-state index contributed by atoms with van der Waals surface area (Å²) in [6.07, 6.45) is 3.98. The molecule has 1 rings (SSSR count). The Morgan fingerprint density at radius 2 is 1.50 bits per heavy atom. The van der Waals surface area contributed by atoms with Crippen LogP contribution in [0.15, 0.2) is 36.0 Å². The van der Waals surface area contributed by atoms with Crippen LogP contribution >= 0.6 is 0 Å². The molecule has 1 aliphatic rings. The maximum absolute atomic E-state index is 13.7. The molecule has 0 N–H and O–H groups in total. The van der Waals surface area contributed by atoms with E-state index in [4.69, 9.17) is 0 Å². The highest BCUT2D eigenvalue weighted by Crippen LogP contribution is 2.37. The van der Waals surface area contributed by atoms with Crippen LogP contribution in [0.1, 0.15) is 39.5 Å². The Labute approximate surface area is 96.7 Å². The van der Waals surface area contributed by atoms with Gasteiger partial charge in [0, 0.05) is 0 Å². The Morgan fingerprint density at radius 3 is 1.94 bits per heavy atom. The quantitative estimate of drug-likeness (QED) is 0.587. The molecule has 0 aromatic rings. The van der Waals surface area contributed by atoms with Crippen LogP contribution < -0.4 is 0 Å². The molecule has 1 fully saturated rings. The van der Waals surface area contributed by atoms with Gasteiger partial charge in [-0.25, -0.2) is 8.78 Å². The van der Waals surface area contributed by atoms with Crippen molar-refractivity contribution in [3.63, 3.8) is 0 Å². The Hall–Kier alpha value is -0.920. The van der Waals surface area contributed by atoms with Gasteiger partial charge < -0.3 is 0 Å². The average molecular weight is 226 g/mol. The van der Waals surface area contributed by atoms with Crippen molar-refractivity contribution in [1.29, 1.82) is 0 Å². The SMILES string of the molecule is C=C(C)/C(F)=C(/F)C(=C)C1CCC(C)CC1. The topological polar surface area (TPSA) is 0 Å². The van der Waals surface area contributed by atoms with Crippen molar-refractivity contribution in [2.24, 2.45) is 11.8 Å². The van der Waals surface area contributed by atoms with Gasteiger partial charge in [-0.3, -0.25) is 0 Å². The second-order valence-corrected chi connectivity index (χ2v) is 4.89. The molecular weight excluding hydrogens is 206 g/mol. The minimum absolute atomic E-state index is 0.0984. The van der Waals surface area contributed by atoms with E-state index in [0.29, 0.717) is 11.5 Å². The molecule has 0 heterocycles. The molecule has 0 aromatic heterocycles. The summed E-state index contributed by atoms with van der Waals surface area (Å²) >= 11 is 0. The highest BCUT2D eigenvalue weighted by atomic mass is 19.2. The first-order valence-corrected chi connectivity index (χ1v) is 5.83. The van der Waals surface area contributed by atoms with Crippen molar-refractivity contribution < 1.29 is 8.78 Å². The van der Waals surface area contributed by atoms with E-state index in [2.05, 4.69) is 20.1 Å². The lowest BCUT2D eigenvalue weighted by Crippen LogP contribution is -2.14. The maximum Gasteiger partial charge on any atom is 0.161 e. The van der Waals surface area contributed by atoms with E-state index >= 15 is 0 Å². The number of halogens is 2. The third-order valence-corrected chi connectivity index (χ3v) is 3.36. The van der Waals surface area contributed by atoms with E-state index < -0.39 is 11.7 Å². The lowest BCUT2D eigenvalue weighted by atomic mass is 9.79. The molecule has 0 saturated heterocycles. The van der Waals surface area contributed by atoms with Crippen molar-refractivity contribution in [3.05, 3.63) is 36.0 Å². The van der Waals surface area contributed by atoms with Crippen molar-refractivity contribution in [2.45, 2.75) is 39.5 Å². The molecule has 2 heteroatoms. The fourth-order valence-corrected chi connectivity index (χ4v) is 2.12. The molecule has 90 valence electrons. The van der Waals surface area contributed by atoms with Crippen LogP contribution in [0.5, 0.6) is 0 Å². The van der Waals surface area contributed by atoms with Crippen LogP contribution in [-0.2, 0) is 0 Å². The van der Waals surface area contributed by atoms with Crippen molar-refractivity contribution in [3.8, 4) is 0 Å². The summed E-state index contributed by atoms with van der Waals surface area (Å²) in [4.78, 5) is 0. The molecule has 0 atom stereocenters. The Kier molecular flexibility index (Phi) is 4.45. The fourth-order valence-electron chi connectivity index (χ4n) is 2.12. The summed E-state index contributed by atoms with van der Waals surface area (Å²) in [5.41, 5.74) is 0.440. The van der Waals surface area contributed by atoms with Crippen molar-refractivity contribution in [1.82, 2.24) is 0 Å². The van der Waals surface area contributed by atoms with Crippen LogP contribution in [-0.4, -0.2) is 0 Å². The zero-order chi connectivity index (χ0) is 12.3. The van der Waals surface area contributed by atoms with Crippen LogP contribution in [0, 0.1) is 11.8 Å². The molecular formula is C14H20F2. The monoisotopic (exact) mass is 226 g/mol. The summed E-state index contributed by atoms with van der Waals surface area (Å²) in [5.74, 6) is -0.848. The normalized spacial score (nSPS) is 27.2.